The molecule has 1 aliphatic heterocycles. The molecular formula is C16H11ClO2. The average Bonchev–Trinajstić information content (AvgIpc) is 2.67. The summed E-state index contributed by atoms with van der Waals surface area (Å²) in [5.74, 6) is 0.866. The Kier molecular flexibility index (Phi) is 2.88. The van der Waals surface area contributed by atoms with Gasteiger partial charge in [-0.2, -0.15) is 0 Å². The summed E-state index contributed by atoms with van der Waals surface area (Å²) in [7, 11) is 0. The van der Waals surface area contributed by atoms with E-state index in [9.17, 15) is 4.79 Å². The van der Waals surface area contributed by atoms with Gasteiger partial charge in [-0.1, -0.05) is 35.4 Å². The largest absolute Gasteiger partial charge is 0.452 e. The molecule has 0 aliphatic carbocycles. The number of aryl methyl sites for hydroxylation is 1. The van der Waals surface area contributed by atoms with Crippen molar-refractivity contribution in [1.82, 2.24) is 0 Å². The molecule has 2 aromatic carbocycles. The Balaban J connectivity index is 2.00. The molecule has 0 fully saturated rings. The first kappa shape index (κ1) is 12.0. The van der Waals surface area contributed by atoms with Crippen LogP contribution in [0.5, 0.6) is 5.75 Å². The zero-order valence-electron chi connectivity index (χ0n) is 10.3. The van der Waals surface area contributed by atoms with E-state index in [1.807, 2.05) is 37.3 Å². The van der Waals surface area contributed by atoms with Crippen molar-refractivity contribution in [3.63, 3.8) is 0 Å². The molecule has 0 radical (unpaired) electrons. The molecule has 0 atom stereocenters. The number of hydrogen-bond acceptors (Lipinski definition) is 2. The minimum atomic E-state index is -0.0846. The minimum Gasteiger partial charge on any atom is -0.452 e. The van der Waals surface area contributed by atoms with Crippen LogP contribution < -0.4 is 4.74 Å². The second-order valence-electron chi connectivity index (χ2n) is 4.49. The number of ether oxygens (including phenoxy) is 1. The second-order valence-corrected chi connectivity index (χ2v) is 4.93. The Morgan fingerprint density at radius 3 is 2.79 bits per heavy atom. The number of ketones is 1. The number of rotatable bonds is 1. The van der Waals surface area contributed by atoms with Gasteiger partial charge in [-0.05, 0) is 42.8 Å². The van der Waals surface area contributed by atoms with Crippen molar-refractivity contribution in [3.8, 4) is 5.75 Å². The molecule has 0 spiro atoms. The van der Waals surface area contributed by atoms with E-state index in [2.05, 4.69) is 0 Å². The molecule has 0 amide bonds. The van der Waals surface area contributed by atoms with Crippen molar-refractivity contribution in [2.24, 2.45) is 0 Å². The van der Waals surface area contributed by atoms with Crippen LogP contribution in [-0.4, -0.2) is 5.78 Å². The Hall–Kier alpha value is -2.06. The van der Waals surface area contributed by atoms with Crippen molar-refractivity contribution in [1.29, 1.82) is 0 Å². The summed E-state index contributed by atoms with van der Waals surface area (Å²) in [6.07, 6.45) is 1.71. The maximum atomic E-state index is 12.2. The molecule has 0 bridgehead atoms. The minimum absolute atomic E-state index is 0.0846. The van der Waals surface area contributed by atoms with Gasteiger partial charge >= 0.3 is 0 Å². The summed E-state index contributed by atoms with van der Waals surface area (Å²) >= 11 is 5.92. The lowest BCUT2D eigenvalue weighted by Gasteiger charge is -1.99. The summed E-state index contributed by atoms with van der Waals surface area (Å²) in [5.41, 5.74) is 2.51. The molecule has 0 N–H and O–H groups in total. The number of carbonyl (C=O) groups excluding carboxylic acids is 1. The first-order chi connectivity index (χ1) is 9.13. The van der Waals surface area contributed by atoms with Gasteiger partial charge in [-0.15, -0.1) is 0 Å². The van der Waals surface area contributed by atoms with Crippen LogP contribution in [0.4, 0.5) is 0 Å². The van der Waals surface area contributed by atoms with Crippen molar-refractivity contribution >= 4 is 23.5 Å². The zero-order chi connectivity index (χ0) is 13.4. The van der Waals surface area contributed by atoms with E-state index in [0.717, 1.165) is 11.1 Å². The molecule has 94 valence electrons. The lowest BCUT2D eigenvalue weighted by atomic mass is 10.1. The van der Waals surface area contributed by atoms with Gasteiger partial charge in [0.05, 0.1) is 5.56 Å². The van der Waals surface area contributed by atoms with Crippen LogP contribution in [0.3, 0.4) is 0 Å². The van der Waals surface area contributed by atoms with Crippen LogP contribution in [0.25, 0.3) is 6.08 Å². The average molecular weight is 271 g/mol. The highest BCUT2D eigenvalue weighted by Crippen LogP contribution is 2.32. The van der Waals surface area contributed by atoms with Crippen molar-refractivity contribution in [3.05, 3.63) is 69.9 Å². The van der Waals surface area contributed by atoms with Crippen LogP contribution in [0, 0.1) is 6.92 Å². The highest BCUT2D eigenvalue weighted by atomic mass is 35.5. The van der Waals surface area contributed by atoms with Crippen molar-refractivity contribution in [2.75, 3.05) is 0 Å². The monoisotopic (exact) mass is 270 g/mol. The maximum absolute atomic E-state index is 12.2. The van der Waals surface area contributed by atoms with Crippen LogP contribution >= 0.6 is 11.6 Å². The molecule has 0 saturated carbocycles. The maximum Gasteiger partial charge on any atom is 0.231 e. The molecule has 2 nitrogen and oxygen atoms in total. The SMILES string of the molecule is Cc1ccc2c(c1)C(=O)/C(=C/c1cccc(Cl)c1)O2. The van der Waals surface area contributed by atoms with E-state index in [0.29, 0.717) is 22.1 Å². The number of allylic oxidation sites excluding steroid dienone is 1. The third kappa shape index (κ3) is 2.27. The van der Waals surface area contributed by atoms with Gasteiger partial charge in [-0.25, -0.2) is 0 Å². The van der Waals surface area contributed by atoms with E-state index in [-0.39, 0.29) is 5.78 Å². The van der Waals surface area contributed by atoms with Gasteiger partial charge in [0.1, 0.15) is 5.75 Å². The molecule has 0 unspecified atom stereocenters. The first-order valence-electron chi connectivity index (χ1n) is 5.94. The Labute approximate surface area is 116 Å². The molecule has 1 heterocycles. The molecule has 3 rings (SSSR count). The van der Waals surface area contributed by atoms with Crippen molar-refractivity contribution in [2.45, 2.75) is 6.92 Å². The molecule has 1 aliphatic rings. The molecule has 2 aromatic rings. The van der Waals surface area contributed by atoms with Crippen LogP contribution in [-0.2, 0) is 0 Å². The zero-order valence-corrected chi connectivity index (χ0v) is 11.1. The van der Waals surface area contributed by atoms with Gasteiger partial charge < -0.3 is 4.74 Å². The normalized spacial score (nSPS) is 15.5. The molecule has 0 saturated heterocycles. The Morgan fingerprint density at radius 1 is 1.16 bits per heavy atom. The van der Waals surface area contributed by atoms with Crippen LogP contribution in [0.15, 0.2) is 48.2 Å². The summed E-state index contributed by atoms with van der Waals surface area (Å²) in [6, 6.07) is 12.9. The topological polar surface area (TPSA) is 26.3 Å². The molecular weight excluding hydrogens is 260 g/mol. The quantitative estimate of drug-likeness (QED) is 0.724. The Bertz CT molecular complexity index is 702. The highest BCUT2D eigenvalue weighted by Gasteiger charge is 2.26. The second kappa shape index (κ2) is 4.56. The van der Waals surface area contributed by atoms with Gasteiger partial charge in [0.2, 0.25) is 5.78 Å². The number of Topliss-reactive ketones (excluding diaryl/α,β-unsaturated/α-hetero) is 1. The smallest absolute Gasteiger partial charge is 0.231 e. The number of carbonyl (C=O) groups is 1. The standard InChI is InChI=1S/C16H11ClO2/c1-10-5-6-14-13(7-10)16(18)15(19-14)9-11-3-2-4-12(17)8-11/h2-9H,1H3/b15-9-. The van der Waals surface area contributed by atoms with Crippen LogP contribution in [0.2, 0.25) is 5.02 Å². The van der Waals surface area contributed by atoms with E-state index >= 15 is 0 Å². The predicted octanol–water partition coefficient (Wildman–Crippen LogP) is 4.26. The summed E-state index contributed by atoms with van der Waals surface area (Å²) < 4.78 is 5.59. The van der Waals surface area contributed by atoms with Crippen LogP contribution in [0.1, 0.15) is 21.5 Å². The van der Waals surface area contributed by atoms with Gasteiger partial charge in [0.15, 0.2) is 5.76 Å². The summed E-state index contributed by atoms with van der Waals surface area (Å²) in [4.78, 5) is 12.2. The van der Waals surface area contributed by atoms with E-state index in [1.165, 1.54) is 0 Å². The van der Waals surface area contributed by atoms with E-state index < -0.39 is 0 Å². The van der Waals surface area contributed by atoms with Gasteiger partial charge in [0, 0.05) is 5.02 Å². The molecule has 0 aromatic heterocycles. The van der Waals surface area contributed by atoms with Gasteiger partial charge in [-0.3, -0.25) is 4.79 Å². The van der Waals surface area contributed by atoms with E-state index in [1.54, 1.807) is 18.2 Å². The lowest BCUT2D eigenvalue weighted by Crippen LogP contribution is -1.98. The number of fused-ring (bicyclic) bond motifs is 1. The predicted molar refractivity (Wildman–Crippen MR) is 75.6 cm³/mol. The van der Waals surface area contributed by atoms with Gasteiger partial charge in [0.25, 0.3) is 0 Å². The van der Waals surface area contributed by atoms with Crippen molar-refractivity contribution < 1.29 is 9.53 Å². The number of hydrogen-bond donors (Lipinski definition) is 0. The third-order valence-electron chi connectivity index (χ3n) is 2.97. The molecule has 3 heteroatoms. The first-order valence-corrected chi connectivity index (χ1v) is 6.32. The summed E-state index contributed by atoms with van der Waals surface area (Å²) in [6.45, 7) is 1.95. The third-order valence-corrected chi connectivity index (χ3v) is 3.20. The Morgan fingerprint density at radius 2 is 2.00 bits per heavy atom. The molecule has 19 heavy (non-hydrogen) atoms. The summed E-state index contributed by atoms with van der Waals surface area (Å²) in [5, 5.41) is 0.633. The fraction of sp³-hybridized carbons (Fsp3) is 0.0625. The number of halogens is 1. The fourth-order valence-corrected chi connectivity index (χ4v) is 2.25. The number of benzene rings is 2. The lowest BCUT2D eigenvalue weighted by molar-refractivity contribution is 0.101. The fourth-order valence-electron chi connectivity index (χ4n) is 2.05. The highest BCUT2D eigenvalue weighted by molar-refractivity contribution is 6.30. The van der Waals surface area contributed by atoms with E-state index in [4.69, 9.17) is 16.3 Å².